The highest BCUT2D eigenvalue weighted by Gasteiger charge is 2.17. The van der Waals surface area contributed by atoms with Gasteiger partial charge >= 0.3 is 0 Å². The molecule has 0 spiro atoms. The molecule has 1 aromatic heterocycles. The molecule has 112 valence electrons. The van der Waals surface area contributed by atoms with E-state index in [1.165, 1.54) is 5.56 Å². The van der Waals surface area contributed by atoms with Gasteiger partial charge in [0.05, 0.1) is 0 Å². The molecule has 0 amide bonds. The molecule has 1 aromatic rings. The number of ether oxygens (including phenoxy) is 1. The number of rotatable bonds is 7. The second-order valence-electron chi connectivity index (χ2n) is 5.26. The average Bonchev–Trinajstić information content (AvgIpc) is 2.49. The SMILES string of the molecule is CCCNc1ncnc(NC2CCOCC2)c1CCC. The zero-order chi connectivity index (χ0) is 14.2. The highest BCUT2D eigenvalue weighted by Crippen LogP contribution is 2.24. The summed E-state index contributed by atoms with van der Waals surface area (Å²) < 4.78 is 5.41. The van der Waals surface area contributed by atoms with Crippen LogP contribution in [0.1, 0.15) is 45.1 Å². The van der Waals surface area contributed by atoms with Gasteiger partial charge in [0.2, 0.25) is 0 Å². The molecule has 0 aromatic carbocycles. The first-order valence-corrected chi connectivity index (χ1v) is 7.77. The monoisotopic (exact) mass is 278 g/mol. The molecule has 1 saturated heterocycles. The summed E-state index contributed by atoms with van der Waals surface area (Å²) in [6, 6.07) is 0.466. The van der Waals surface area contributed by atoms with Gasteiger partial charge in [-0.3, -0.25) is 0 Å². The summed E-state index contributed by atoms with van der Waals surface area (Å²) in [6.07, 6.45) is 6.94. The zero-order valence-corrected chi connectivity index (χ0v) is 12.6. The zero-order valence-electron chi connectivity index (χ0n) is 12.6. The first-order chi connectivity index (χ1) is 9.85. The molecule has 0 bridgehead atoms. The van der Waals surface area contributed by atoms with Gasteiger partial charge in [0.25, 0.3) is 0 Å². The van der Waals surface area contributed by atoms with Crippen LogP contribution in [0.4, 0.5) is 11.6 Å². The van der Waals surface area contributed by atoms with Gasteiger partial charge in [-0.05, 0) is 25.7 Å². The molecule has 0 aliphatic carbocycles. The van der Waals surface area contributed by atoms with Crippen molar-refractivity contribution in [1.82, 2.24) is 9.97 Å². The van der Waals surface area contributed by atoms with E-state index in [-0.39, 0.29) is 0 Å². The maximum absolute atomic E-state index is 5.41. The Balaban J connectivity index is 2.12. The lowest BCUT2D eigenvalue weighted by atomic mass is 10.1. The molecule has 2 rings (SSSR count). The van der Waals surface area contributed by atoms with Crippen molar-refractivity contribution in [1.29, 1.82) is 0 Å². The molecule has 0 atom stereocenters. The second-order valence-corrected chi connectivity index (χ2v) is 5.26. The van der Waals surface area contributed by atoms with Gasteiger partial charge < -0.3 is 15.4 Å². The molecule has 20 heavy (non-hydrogen) atoms. The van der Waals surface area contributed by atoms with Crippen molar-refractivity contribution in [2.75, 3.05) is 30.4 Å². The Morgan fingerprint density at radius 1 is 1.15 bits per heavy atom. The number of nitrogens with zero attached hydrogens (tertiary/aromatic N) is 2. The van der Waals surface area contributed by atoms with Crippen LogP contribution in [0, 0.1) is 0 Å². The summed E-state index contributed by atoms with van der Waals surface area (Å²) in [7, 11) is 0. The fourth-order valence-electron chi connectivity index (χ4n) is 2.45. The van der Waals surface area contributed by atoms with Gasteiger partial charge in [-0.2, -0.15) is 0 Å². The lowest BCUT2D eigenvalue weighted by Crippen LogP contribution is -2.29. The van der Waals surface area contributed by atoms with E-state index in [9.17, 15) is 0 Å². The summed E-state index contributed by atoms with van der Waals surface area (Å²) in [6.45, 7) is 6.98. The van der Waals surface area contributed by atoms with Crippen LogP contribution in [0.15, 0.2) is 6.33 Å². The third-order valence-corrected chi connectivity index (χ3v) is 3.55. The molecular weight excluding hydrogens is 252 g/mol. The lowest BCUT2D eigenvalue weighted by molar-refractivity contribution is 0.0903. The van der Waals surface area contributed by atoms with Gasteiger partial charge in [0.15, 0.2) is 0 Å². The van der Waals surface area contributed by atoms with Crippen LogP contribution in [-0.4, -0.2) is 35.8 Å². The van der Waals surface area contributed by atoms with Crippen LogP contribution in [-0.2, 0) is 11.2 Å². The number of hydrogen-bond donors (Lipinski definition) is 2. The number of aromatic nitrogens is 2. The molecular formula is C15H26N4O. The summed E-state index contributed by atoms with van der Waals surface area (Å²) in [5.41, 5.74) is 1.22. The molecule has 5 heteroatoms. The Bertz CT molecular complexity index is 405. The van der Waals surface area contributed by atoms with E-state index >= 15 is 0 Å². The first kappa shape index (κ1) is 15.0. The van der Waals surface area contributed by atoms with E-state index in [0.717, 1.165) is 63.5 Å². The number of nitrogens with one attached hydrogen (secondary N) is 2. The molecule has 0 radical (unpaired) electrons. The van der Waals surface area contributed by atoms with Crippen molar-refractivity contribution >= 4 is 11.6 Å². The van der Waals surface area contributed by atoms with E-state index in [2.05, 4.69) is 34.4 Å². The van der Waals surface area contributed by atoms with Crippen LogP contribution >= 0.6 is 0 Å². The maximum Gasteiger partial charge on any atom is 0.134 e. The topological polar surface area (TPSA) is 59.1 Å². The fraction of sp³-hybridized carbons (Fsp3) is 0.733. The Morgan fingerprint density at radius 2 is 1.90 bits per heavy atom. The van der Waals surface area contributed by atoms with Crippen molar-refractivity contribution in [2.45, 2.75) is 52.0 Å². The van der Waals surface area contributed by atoms with Gasteiger partial charge in [0, 0.05) is 31.4 Å². The molecule has 2 heterocycles. The average molecular weight is 278 g/mol. The van der Waals surface area contributed by atoms with E-state index in [4.69, 9.17) is 4.74 Å². The van der Waals surface area contributed by atoms with Crippen LogP contribution in [0.3, 0.4) is 0 Å². The van der Waals surface area contributed by atoms with Gasteiger partial charge in [-0.15, -0.1) is 0 Å². The van der Waals surface area contributed by atoms with Crippen molar-refractivity contribution in [3.63, 3.8) is 0 Å². The van der Waals surface area contributed by atoms with E-state index in [1.54, 1.807) is 6.33 Å². The van der Waals surface area contributed by atoms with Crippen LogP contribution < -0.4 is 10.6 Å². The summed E-state index contributed by atoms with van der Waals surface area (Å²) in [5.74, 6) is 1.98. The Hall–Kier alpha value is -1.36. The fourth-order valence-corrected chi connectivity index (χ4v) is 2.45. The predicted octanol–water partition coefficient (Wildman–Crippen LogP) is 2.84. The van der Waals surface area contributed by atoms with Crippen LogP contribution in [0.5, 0.6) is 0 Å². The third kappa shape index (κ3) is 4.07. The van der Waals surface area contributed by atoms with Crippen LogP contribution in [0.25, 0.3) is 0 Å². The largest absolute Gasteiger partial charge is 0.381 e. The van der Waals surface area contributed by atoms with Gasteiger partial charge in [-0.1, -0.05) is 20.3 Å². The van der Waals surface area contributed by atoms with E-state index < -0.39 is 0 Å². The van der Waals surface area contributed by atoms with E-state index in [0.29, 0.717) is 6.04 Å². The Kier molecular flexibility index (Phi) is 6.05. The van der Waals surface area contributed by atoms with Crippen LogP contribution in [0.2, 0.25) is 0 Å². The van der Waals surface area contributed by atoms with Crippen molar-refractivity contribution in [3.05, 3.63) is 11.9 Å². The molecule has 1 aliphatic rings. The summed E-state index contributed by atoms with van der Waals surface area (Å²) in [4.78, 5) is 8.86. The Morgan fingerprint density at radius 3 is 2.60 bits per heavy atom. The molecule has 5 nitrogen and oxygen atoms in total. The van der Waals surface area contributed by atoms with E-state index in [1.807, 2.05) is 0 Å². The van der Waals surface area contributed by atoms with Crippen molar-refractivity contribution in [2.24, 2.45) is 0 Å². The smallest absolute Gasteiger partial charge is 0.134 e. The first-order valence-electron chi connectivity index (χ1n) is 7.77. The molecule has 0 saturated carbocycles. The number of anilines is 2. The normalized spacial score (nSPS) is 16.1. The molecule has 0 unspecified atom stereocenters. The maximum atomic E-state index is 5.41. The minimum Gasteiger partial charge on any atom is -0.381 e. The minimum atomic E-state index is 0.466. The summed E-state index contributed by atoms with van der Waals surface area (Å²) in [5, 5.41) is 6.99. The minimum absolute atomic E-state index is 0.466. The third-order valence-electron chi connectivity index (χ3n) is 3.55. The standard InChI is InChI=1S/C15H26N4O/c1-3-5-13-14(16-8-4-2)17-11-18-15(13)19-12-6-9-20-10-7-12/h11-12H,3-10H2,1-2H3,(H2,16,17,18,19). The lowest BCUT2D eigenvalue weighted by Gasteiger charge is -2.25. The molecule has 2 N–H and O–H groups in total. The highest BCUT2D eigenvalue weighted by atomic mass is 16.5. The van der Waals surface area contributed by atoms with Gasteiger partial charge in [-0.25, -0.2) is 9.97 Å². The summed E-state index contributed by atoms with van der Waals surface area (Å²) >= 11 is 0. The highest BCUT2D eigenvalue weighted by molar-refractivity contribution is 5.57. The predicted molar refractivity (Wildman–Crippen MR) is 82.3 cm³/mol. The quantitative estimate of drug-likeness (QED) is 0.803. The van der Waals surface area contributed by atoms with Crippen molar-refractivity contribution < 1.29 is 4.74 Å². The van der Waals surface area contributed by atoms with Gasteiger partial charge in [0.1, 0.15) is 18.0 Å². The molecule has 1 fully saturated rings. The number of hydrogen-bond acceptors (Lipinski definition) is 5. The van der Waals surface area contributed by atoms with Crippen molar-refractivity contribution in [3.8, 4) is 0 Å². The second kappa shape index (κ2) is 8.04. The molecule has 1 aliphatic heterocycles. The Labute approximate surface area is 121 Å².